The van der Waals surface area contributed by atoms with E-state index in [0.717, 1.165) is 11.1 Å². The average Bonchev–Trinajstić information content (AvgIpc) is 2.61. The quantitative estimate of drug-likeness (QED) is 0.777. The van der Waals surface area contributed by atoms with Gasteiger partial charge in [-0.05, 0) is 41.7 Å². The van der Waals surface area contributed by atoms with Crippen molar-refractivity contribution >= 4 is 23.2 Å². The Balaban J connectivity index is 1.94. The average molecular weight is 363 g/mol. The van der Waals surface area contributed by atoms with Crippen molar-refractivity contribution in [2.24, 2.45) is 5.92 Å². The first-order chi connectivity index (χ1) is 12.0. The smallest absolute Gasteiger partial charge is 0.242 e. The summed E-state index contributed by atoms with van der Waals surface area (Å²) in [5.41, 5.74) is 2.54. The second-order valence-corrected chi connectivity index (χ2v) is 6.76. The lowest BCUT2D eigenvalue weighted by Crippen LogP contribution is -2.50. The minimum atomic E-state index is -0.264. The first-order valence-electron chi connectivity index (χ1n) is 8.23. The van der Waals surface area contributed by atoms with Crippen LogP contribution in [-0.4, -0.2) is 29.4 Å². The molecule has 1 aromatic carbocycles. The molecule has 0 saturated carbocycles. The molecule has 1 amide bonds. The summed E-state index contributed by atoms with van der Waals surface area (Å²) in [4.78, 5) is 18.5. The van der Waals surface area contributed by atoms with Crippen LogP contribution in [0.15, 0.2) is 36.5 Å². The maximum Gasteiger partial charge on any atom is 0.242 e. The summed E-state index contributed by atoms with van der Waals surface area (Å²) >= 11 is 5.82. The van der Waals surface area contributed by atoms with Gasteiger partial charge in [0.25, 0.3) is 0 Å². The highest BCUT2D eigenvalue weighted by atomic mass is 35.5. The van der Waals surface area contributed by atoms with Crippen molar-refractivity contribution in [2.75, 3.05) is 17.4 Å². The number of amides is 1. The maximum atomic E-state index is 13.1. The monoisotopic (exact) mass is 362 g/mol. The number of benzene rings is 1. The van der Waals surface area contributed by atoms with Crippen LogP contribution in [0.25, 0.3) is 0 Å². The molecule has 2 aromatic rings. The molecule has 1 unspecified atom stereocenters. The van der Waals surface area contributed by atoms with E-state index in [4.69, 9.17) is 16.3 Å². The van der Waals surface area contributed by atoms with Gasteiger partial charge in [0, 0.05) is 6.20 Å². The van der Waals surface area contributed by atoms with Gasteiger partial charge in [-0.3, -0.25) is 9.69 Å². The first-order valence-corrected chi connectivity index (χ1v) is 8.77. The van der Waals surface area contributed by atoms with Crippen molar-refractivity contribution in [2.45, 2.75) is 26.3 Å². The lowest BCUT2D eigenvalue weighted by molar-refractivity contribution is -0.117. The zero-order chi connectivity index (χ0) is 18.0. The Hall–Kier alpha value is -2.14. The molecule has 6 heteroatoms. The molecule has 1 aliphatic rings. The minimum absolute atomic E-state index is 0.0818. The number of halogens is 2. The number of carbonyl (C=O) groups is 1. The number of carbonyl (C=O) groups excluding carboxylic acids is 1. The van der Waals surface area contributed by atoms with Crippen LogP contribution in [0.5, 0.6) is 5.88 Å². The highest BCUT2D eigenvalue weighted by Crippen LogP contribution is 2.35. The molecular weight excluding hydrogens is 343 g/mol. The van der Waals surface area contributed by atoms with E-state index in [0.29, 0.717) is 24.6 Å². The SMILES string of the molecule is CC(C)C1COc2ncc(Cc3ccc(F)cc3)cc2N1C(=O)CCl. The largest absolute Gasteiger partial charge is 0.474 e. The Bertz CT molecular complexity index is 765. The van der Waals surface area contributed by atoms with Crippen LogP contribution >= 0.6 is 11.6 Å². The Kier molecular flexibility index (Phi) is 5.23. The molecule has 2 heterocycles. The second kappa shape index (κ2) is 7.40. The Labute approximate surface area is 151 Å². The fourth-order valence-electron chi connectivity index (χ4n) is 2.99. The number of rotatable bonds is 4. The van der Waals surface area contributed by atoms with Crippen molar-refractivity contribution < 1.29 is 13.9 Å². The van der Waals surface area contributed by atoms with E-state index >= 15 is 0 Å². The third-order valence-electron chi connectivity index (χ3n) is 4.34. The summed E-state index contributed by atoms with van der Waals surface area (Å²) in [5, 5.41) is 0. The van der Waals surface area contributed by atoms with Crippen LogP contribution in [0.2, 0.25) is 0 Å². The first kappa shape index (κ1) is 17.7. The molecule has 132 valence electrons. The molecule has 0 bridgehead atoms. The van der Waals surface area contributed by atoms with Gasteiger partial charge in [0.05, 0.1) is 6.04 Å². The van der Waals surface area contributed by atoms with Gasteiger partial charge in [-0.2, -0.15) is 0 Å². The van der Waals surface area contributed by atoms with Gasteiger partial charge < -0.3 is 4.74 Å². The maximum absolute atomic E-state index is 13.1. The van der Waals surface area contributed by atoms with Gasteiger partial charge in [-0.1, -0.05) is 26.0 Å². The molecule has 1 aliphatic heterocycles. The predicted octanol–water partition coefficient (Wildman–Crippen LogP) is 3.80. The lowest BCUT2D eigenvalue weighted by atomic mass is 10.00. The number of alkyl halides is 1. The normalized spacial score (nSPS) is 16.5. The molecule has 25 heavy (non-hydrogen) atoms. The Morgan fingerprint density at radius 3 is 2.72 bits per heavy atom. The van der Waals surface area contributed by atoms with Crippen LogP contribution in [0.3, 0.4) is 0 Å². The number of aromatic nitrogens is 1. The van der Waals surface area contributed by atoms with E-state index in [2.05, 4.69) is 4.98 Å². The number of nitrogens with zero attached hydrogens (tertiary/aromatic N) is 2. The van der Waals surface area contributed by atoms with E-state index in [1.165, 1.54) is 12.1 Å². The fraction of sp³-hybridized carbons (Fsp3) is 0.368. The van der Waals surface area contributed by atoms with Crippen LogP contribution < -0.4 is 9.64 Å². The van der Waals surface area contributed by atoms with Crippen molar-refractivity contribution in [3.8, 4) is 5.88 Å². The van der Waals surface area contributed by atoms with Crippen molar-refractivity contribution in [3.05, 3.63) is 53.5 Å². The molecule has 0 saturated heterocycles. The number of pyridine rings is 1. The molecule has 0 aliphatic carbocycles. The Morgan fingerprint density at radius 1 is 1.36 bits per heavy atom. The molecule has 3 rings (SSSR count). The summed E-state index contributed by atoms with van der Waals surface area (Å²) < 4.78 is 18.8. The molecule has 0 spiro atoms. The summed E-state index contributed by atoms with van der Waals surface area (Å²) in [5.74, 6) is 0.148. The van der Waals surface area contributed by atoms with Gasteiger partial charge in [0.1, 0.15) is 24.0 Å². The molecule has 0 N–H and O–H groups in total. The summed E-state index contributed by atoms with van der Waals surface area (Å²) in [6.45, 7) is 4.49. The fourth-order valence-corrected chi connectivity index (χ4v) is 3.12. The number of ether oxygens (including phenoxy) is 1. The van der Waals surface area contributed by atoms with Crippen LogP contribution in [0, 0.1) is 11.7 Å². The number of anilines is 1. The summed E-state index contributed by atoms with van der Waals surface area (Å²) in [7, 11) is 0. The minimum Gasteiger partial charge on any atom is -0.474 e. The second-order valence-electron chi connectivity index (χ2n) is 6.49. The highest BCUT2D eigenvalue weighted by molar-refractivity contribution is 6.29. The number of fused-ring (bicyclic) bond motifs is 1. The lowest BCUT2D eigenvalue weighted by Gasteiger charge is -2.38. The third-order valence-corrected chi connectivity index (χ3v) is 4.57. The summed E-state index contributed by atoms with van der Waals surface area (Å²) in [6, 6.07) is 8.17. The van der Waals surface area contributed by atoms with Crippen molar-refractivity contribution in [1.29, 1.82) is 0 Å². The molecular formula is C19H20ClFN2O2. The van der Waals surface area contributed by atoms with E-state index < -0.39 is 0 Å². The van der Waals surface area contributed by atoms with E-state index in [9.17, 15) is 9.18 Å². The molecule has 0 radical (unpaired) electrons. The van der Waals surface area contributed by atoms with E-state index in [1.54, 1.807) is 23.2 Å². The van der Waals surface area contributed by atoms with Crippen molar-refractivity contribution in [3.63, 3.8) is 0 Å². The summed E-state index contributed by atoms with van der Waals surface area (Å²) in [6.07, 6.45) is 2.32. The topological polar surface area (TPSA) is 42.4 Å². The highest BCUT2D eigenvalue weighted by Gasteiger charge is 2.34. The van der Waals surface area contributed by atoms with Gasteiger partial charge in [-0.25, -0.2) is 9.37 Å². The molecule has 1 atom stereocenters. The number of hydrogen-bond acceptors (Lipinski definition) is 3. The molecule has 0 fully saturated rings. The van der Waals surface area contributed by atoms with Gasteiger partial charge in [-0.15, -0.1) is 11.6 Å². The molecule has 1 aromatic heterocycles. The predicted molar refractivity (Wildman–Crippen MR) is 95.8 cm³/mol. The molecule has 4 nitrogen and oxygen atoms in total. The Morgan fingerprint density at radius 2 is 2.08 bits per heavy atom. The van der Waals surface area contributed by atoms with E-state index in [-0.39, 0.29) is 29.6 Å². The van der Waals surface area contributed by atoms with Gasteiger partial charge >= 0.3 is 0 Å². The van der Waals surface area contributed by atoms with E-state index in [1.807, 2.05) is 19.9 Å². The third kappa shape index (κ3) is 3.76. The zero-order valence-electron chi connectivity index (χ0n) is 14.2. The van der Waals surface area contributed by atoms with Crippen LogP contribution in [0.4, 0.5) is 10.1 Å². The van der Waals surface area contributed by atoms with Gasteiger partial charge in [0.15, 0.2) is 0 Å². The standard InChI is InChI=1S/C19H20ClFN2O2/c1-12(2)17-11-25-19-16(23(17)18(24)9-20)8-14(10-22-19)7-13-3-5-15(21)6-4-13/h3-6,8,10,12,17H,7,9,11H2,1-2H3. The van der Waals surface area contributed by atoms with Crippen LogP contribution in [0.1, 0.15) is 25.0 Å². The number of hydrogen-bond donors (Lipinski definition) is 0. The van der Waals surface area contributed by atoms with Crippen molar-refractivity contribution in [1.82, 2.24) is 4.98 Å². The zero-order valence-corrected chi connectivity index (χ0v) is 15.0. The van der Waals surface area contributed by atoms with Crippen LogP contribution in [-0.2, 0) is 11.2 Å². The van der Waals surface area contributed by atoms with Gasteiger partial charge in [0.2, 0.25) is 11.8 Å².